The van der Waals surface area contributed by atoms with Crippen LogP contribution in [0.5, 0.6) is 0 Å². The Morgan fingerprint density at radius 2 is 1.86 bits per heavy atom. The summed E-state index contributed by atoms with van der Waals surface area (Å²) < 4.78 is 17.7. The molecule has 2 aromatic carbocycles. The highest BCUT2D eigenvalue weighted by Crippen LogP contribution is 2.42. The molecule has 1 aromatic heterocycles. The summed E-state index contributed by atoms with van der Waals surface area (Å²) in [6.07, 6.45) is 2.74. The molecule has 1 aliphatic rings. The summed E-state index contributed by atoms with van der Waals surface area (Å²) in [7, 11) is 0. The number of halogens is 1. The molecule has 0 radical (unpaired) electrons. The van der Waals surface area contributed by atoms with Crippen LogP contribution in [0.2, 0.25) is 5.02 Å². The molecule has 3 N–H and O–H groups in total. The zero-order valence-electron chi connectivity index (χ0n) is 19.5. The van der Waals surface area contributed by atoms with Crippen molar-refractivity contribution in [3.8, 4) is 0 Å². The number of benzene rings is 2. The molecule has 2 heterocycles. The van der Waals surface area contributed by atoms with E-state index in [1.807, 2.05) is 43.3 Å². The molecule has 0 saturated carbocycles. The summed E-state index contributed by atoms with van der Waals surface area (Å²) in [5.41, 5.74) is 10.4. The number of hydrogen-bond donors (Lipinski definition) is 2. The van der Waals surface area contributed by atoms with Crippen LogP contribution in [-0.4, -0.2) is 28.6 Å². The Morgan fingerprint density at radius 3 is 2.51 bits per heavy atom. The van der Waals surface area contributed by atoms with Crippen molar-refractivity contribution in [2.45, 2.75) is 51.4 Å². The predicted molar refractivity (Wildman–Crippen MR) is 128 cm³/mol. The van der Waals surface area contributed by atoms with Gasteiger partial charge in [-0.15, -0.1) is 0 Å². The zero-order valence-corrected chi connectivity index (χ0v) is 20.3. The van der Waals surface area contributed by atoms with Crippen molar-refractivity contribution < 1.29 is 28.6 Å². The number of carboxylic acids is 1. The number of rotatable bonds is 9. The first-order chi connectivity index (χ1) is 16.7. The van der Waals surface area contributed by atoms with Crippen LogP contribution in [0.4, 0.5) is 0 Å². The minimum Gasteiger partial charge on any atom is -0.481 e. The van der Waals surface area contributed by atoms with Gasteiger partial charge in [-0.2, -0.15) is 0 Å². The summed E-state index contributed by atoms with van der Waals surface area (Å²) in [4.78, 5) is 26.7. The van der Waals surface area contributed by atoms with Gasteiger partial charge in [-0.1, -0.05) is 35.9 Å². The lowest BCUT2D eigenvalue weighted by Crippen LogP contribution is -2.24. The number of aliphatic carboxylic acids is 1. The maximum Gasteiger partial charge on any atom is 0.303 e. The molecular formula is C26H27ClN2O6. The molecule has 0 aliphatic carbocycles. The van der Waals surface area contributed by atoms with Crippen LogP contribution < -0.4 is 5.73 Å². The number of amides is 1. The number of hydrogen-bond acceptors (Lipinski definition) is 6. The Morgan fingerprint density at radius 1 is 1.14 bits per heavy atom. The van der Waals surface area contributed by atoms with Gasteiger partial charge in [0, 0.05) is 11.4 Å². The second-order valence-corrected chi connectivity index (χ2v) is 9.14. The van der Waals surface area contributed by atoms with E-state index in [4.69, 9.17) is 36.3 Å². The van der Waals surface area contributed by atoms with Gasteiger partial charge in [-0.25, -0.2) is 4.98 Å². The van der Waals surface area contributed by atoms with E-state index < -0.39 is 23.8 Å². The molecule has 1 fully saturated rings. The number of carboxylic acid groups (broad SMARTS) is 1. The highest BCUT2D eigenvalue weighted by atomic mass is 35.5. The van der Waals surface area contributed by atoms with Crippen molar-refractivity contribution in [1.29, 1.82) is 0 Å². The lowest BCUT2D eigenvalue weighted by molar-refractivity contribution is -0.178. The first-order valence-electron chi connectivity index (χ1n) is 11.3. The molecule has 1 saturated heterocycles. The van der Waals surface area contributed by atoms with Crippen LogP contribution >= 0.6 is 11.6 Å². The largest absolute Gasteiger partial charge is 0.481 e. The molecule has 0 spiro atoms. The third-order valence-electron chi connectivity index (χ3n) is 6.27. The maximum atomic E-state index is 11.4. The van der Waals surface area contributed by atoms with Gasteiger partial charge in [0.05, 0.1) is 6.61 Å². The molecule has 3 aromatic rings. The number of primary amides is 1. The second kappa shape index (κ2) is 10.2. The second-order valence-electron chi connectivity index (χ2n) is 8.71. The average Bonchev–Trinajstić information content (AvgIpc) is 3.46. The molecular weight excluding hydrogens is 472 g/mol. The van der Waals surface area contributed by atoms with E-state index in [0.717, 1.165) is 40.7 Å². The SMILES string of the molecule is Cc1c(CCC(=O)O)ccc(CCc2ccc(Cl)cc2)c1C1COC(C)(c2nc(C(N)=O)co2)O1. The van der Waals surface area contributed by atoms with Crippen LogP contribution in [0, 0.1) is 6.92 Å². The third kappa shape index (κ3) is 5.56. The number of ether oxygens (including phenoxy) is 2. The first kappa shape index (κ1) is 24.9. The molecule has 184 valence electrons. The van der Waals surface area contributed by atoms with Crippen molar-refractivity contribution in [2.24, 2.45) is 5.73 Å². The first-order valence-corrected chi connectivity index (χ1v) is 11.7. The Bertz CT molecular complexity index is 1240. The minimum atomic E-state index is -1.30. The van der Waals surface area contributed by atoms with E-state index in [1.165, 1.54) is 6.26 Å². The smallest absolute Gasteiger partial charge is 0.303 e. The van der Waals surface area contributed by atoms with Crippen molar-refractivity contribution in [2.75, 3.05) is 6.61 Å². The van der Waals surface area contributed by atoms with Gasteiger partial charge in [0.15, 0.2) is 5.69 Å². The number of carbonyl (C=O) groups is 2. The monoisotopic (exact) mass is 498 g/mol. The standard InChI is InChI=1S/C26H27ClN2O6/c1-15-17(9-12-22(30)31)7-8-18(6-3-16-4-10-19(27)11-5-16)23(15)21-14-34-26(2,35-21)25-29-20(13-33-25)24(28)32/h4-5,7-8,10-11,13,21H,3,6,9,12,14H2,1-2H3,(H2,28,32)(H,30,31). The lowest BCUT2D eigenvalue weighted by atomic mass is 9.89. The zero-order chi connectivity index (χ0) is 25.2. The molecule has 2 atom stereocenters. The van der Waals surface area contributed by atoms with Gasteiger partial charge < -0.3 is 24.7 Å². The summed E-state index contributed by atoms with van der Waals surface area (Å²) in [6, 6.07) is 11.8. The van der Waals surface area contributed by atoms with Crippen molar-refractivity contribution in [1.82, 2.24) is 4.98 Å². The molecule has 9 heteroatoms. The molecule has 1 amide bonds. The molecule has 4 rings (SSSR count). The van der Waals surface area contributed by atoms with E-state index in [0.29, 0.717) is 11.4 Å². The molecule has 8 nitrogen and oxygen atoms in total. The van der Waals surface area contributed by atoms with Crippen LogP contribution in [0.1, 0.15) is 63.6 Å². The number of nitrogens with two attached hydrogens (primary N) is 1. The maximum absolute atomic E-state index is 11.4. The highest BCUT2D eigenvalue weighted by molar-refractivity contribution is 6.30. The van der Waals surface area contributed by atoms with Gasteiger partial charge in [0.2, 0.25) is 5.79 Å². The number of oxazole rings is 1. The fraction of sp³-hybridized carbons (Fsp3) is 0.346. The Labute approximate surface area is 208 Å². The summed E-state index contributed by atoms with van der Waals surface area (Å²) in [6.45, 7) is 3.90. The Kier molecular flexibility index (Phi) is 7.25. The van der Waals surface area contributed by atoms with Crippen LogP contribution in [-0.2, 0) is 39.3 Å². The summed E-state index contributed by atoms with van der Waals surface area (Å²) in [5, 5.41) is 9.85. The quantitative estimate of drug-likeness (QED) is 0.445. The summed E-state index contributed by atoms with van der Waals surface area (Å²) in [5.74, 6) is -2.74. The van der Waals surface area contributed by atoms with E-state index in [9.17, 15) is 9.59 Å². The van der Waals surface area contributed by atoms with Crippen molar-refractivity contribution >= 4 is 23.5 Å². The van der Waals surface area contributed by atoms with Gasteiger partial charge in [0.25, 0.3) is 11.8 Å². The molecule has 35 heavy (non-hydrogen) atoms. The van der Waals surface area contributed by atoms with Crippen molar-refractivity contribution in [3.05, 3.63) is 87.1 Å². The fourth-order valence-corrected chi connectivity index (χ4v) is 4.49. The van der Waals surface area contributed by atoms with E-state index in [1.54, 1.807) is 6.92 Å². The van der Waals surface area contributed by atoms with E-state index in [2.05, 4.69) is 4.98 Å². The normalized spacial score (nSPS) is 19.7. The predicted octanol–water partition coefficient (Wildman–Crippen LogP) is 4.50. The fourth-order valence-electron chi connectivity index (χ4n) is 4.36. The van der Waals surface area contributed by atoms with Crippen LogP contribution in [0.25, 0.3) is 0 Å². The van der Waals surface area contributed by atoms with Crippen LogP contribution in [0.15, 0.2) is 47.1 Å². The Balaban J connectivity index is 1.63. The third-order valence-corrected chi connectivity index (χ3v) is 6.52. The number of aryl methyl sites for hydroxylation is 3. The Hall–Kier alpha value is -3.20. The van der Waals surface area contributed by atoms with Crippen LogP contribution in [0.3, 0.4) is 0 Å². The topological polar surface area (TPSA) is 125 Å². The van der Waals surface area contributed by atoms with Gasteiger partial charge in [-0.3, -0.25) is 9.59 Å². The average molecular weight is 499 g/mol. The number of carbonyl (C=O) groups excluding carboxylic acids is 1. The summed E-state index contributed by atoms with van der Waals surface area (Å²) >= 11 is 6.02. The van der Waals surface area contributed by atoms with Gasteiger partial charge >= 0.3 is 5.97 Å². The van der Waals surface area contributed by atoms with Gasteiger partial charge in [0.1, 0.15) is 12.4 Å². The minimum absolute atomic E-state index is 0.00706. The molecule has 2 unspecified atom stereocenters. The molecule has 0 bridgehead atoms. The highest BCUT2D eigenvalue weighted by Gasteiger charge is 2.45. The molecule has 1 aliphatic heterocycles. The number of aromatic nitrogens is 1. The van der Waals surface area contributed by atoms with Crippen molar-refractivity contribution in [3.63, 3.8) is 0 Å². The number of nitrogens with zero attached hydrogens (tertiary/aromatic N) is 1. The van der Waals surface area contributed by atoms with E-state index in [-0.39, 0.29) is 24.6 Å². The van der Waals surface area contributed by atoms with Gasteiger partial charge in [-0.05, 0) is 73.1 Å². The lowest BCUT2D eigenvalue weighted by Gasteiger charge is -2.23. The van der Waals surface area contributed by atoms with E-state index >= 15 is 0 Å².